The third-order valence-electron chi connectivity index (χ3n) is 11.5. The van der Waals surface area contributed by atoms with E-state index in [9.17, 15) is 0 Å². The highest BCUT2D eigenvalue weighted by Gasteiger charge is 2.22. The highest BCUT2D eigenvalue weighted by Crippen LogP contribution is 2.48. The first-order chi connectivity index (χ1) is 28.8. The van der Waals surface area contributed by atoms with Gasteiger partial charge in [-0.3, -0.25) is 0 Å². The second-order valence-electron chi connectivity index (χ2n) is 14.8. The minimum absolute atomic E-state index is 1.09. The Hall–Kier alpha value is -7.26. The van der Waals surface area contributed by atoms with Crippen LogP contribution in [0, 0.1) is 0 Å². The molecule has 272 valence electrons. The van der Waals surface area contributed by atoms with Crippen LogP contribution in [0.1, 0.15) is 0 Å². The van der Waals surface area contributed by atoms with Crippen LogP contribution in [0.25, 0.3) is 86.2 Å². The highest BCUT2D eigenvalue weighted by atomic mass is 32.1. The predicted molar refractivity (Wildman–Crippen MR) is 251 cm³/mol. The van der Waals surface area contributed by atoms with Crippen molar-refractivity contribution in [2.45, 2.75) is 0 Å². The van der Waals surface area contributed by atoms with Gasteiger partial charge in [0.1, 0.15) is 0 Å². The van der Waals surface area contributed by atoms with E-state index in [1.165, 1.54) is 86.2 Å². The number of para-hydroxylation sites is 2. The van der Waals surface area contributed by atoms with E-state index in [2.05, 4.69) is 229 Å². The SMILES string of the molecule is c1ccc(-c2cccc3ccccc23)c(-c2ccccc2N(c2ccc(-c3cccc4ccccc34)cc2)c2ccccc2-c2ccc3c(c2)sc2ccccc23)c1. The second kappa shape index (κ2) is 14.4. The van der Waals surface area contributed by atoms with Crippen LogP contribution < -0.4 is 4.90 Å². The molecule has 0 aliphatic rings. The van der Waals surface area contributed by atoms with Crippen molar-refractivity contribution < 1.29 is 0 Å². The molecule has 1 aromatic heterocycles. The number of rotatable bonds is 7. The zero-order chi connectivity index (χ0) is 38.4. The van der Waals surface area contributed by atoms with E-state index in [0.717, 1.165) is 17.1 Å². The number of fused-ring (bicyclic) bond motifs is 5. The van der Waals surface area contributed by atoms with Crippen molar-refractivity contribution in [1.82, 2.24) is 0 Å². The van der Waals surface area contributed by atoms with Crippen LogP contribution in [0.15, 0.2) is 224 Å². The molecule has 0 saturated carbocycles. The molecule has 0 aliphatic heterocycles. The van der Waals surface area contributed by atoms with Crippen LogP contribution >= 0.6 is 11.3 Å². The Bertz CT molecular complexity index is 3290. The van der Waals surface area contributed by atoms with Crippen LogP contribution in [0.5, 0.6) is 0 Å². The zero-order valence-corrected chi connectivity index (χ0v) is 32.5. The summed E-state index contributed by atoms with van der Waals surface area (Å²) >= 11 is 1.86. The third kappa shape index (κ3) is 5.86. The molecule has 0 unspecified atom stereocenters. The number of anilines is 3. The number of hydrogen-bond acceptors (Lipinski definition) is 2. The van der Waals surface area contributed by atoms with E-state index >= 15 is 0 Å². The quantitative estimate of drug-likeness (QED) is 0.157. The van der Waals surface area contributed by atoms with E-state index in [1.807, 2.05) is 11.3 Å². The molecule has 0 N–H and O–H groups in total. The molecule has 0 saturated heterocycles. The maximum absolute atomic E-state index is 2.46. The smallest absolute Gasteiger partial charge is 0.0540 e. The largest absolute Gasteiger partial charge is 0.309 e. The molecule has 11 aromatic rings. The first-order valence-electron chi connectivity index (χ1n) is 19.8. The van der Waals surface area contributed by atoms with Gasteiger partial charge in [0.05, 0.1) is 11.4 Å². The summed E-state index contributed by atoms with van der Waals surface area (Å²) < 4.78 is 2.61. The van der Waals surface area contributed by atoms with Gasteiger partial charge in [0.2, 0.25) is 0 Å². The first-order valence-corrected chi connectivity index (χ1v) is 20.7. The Balaban J connectivity index is 1.12. The average Bonchev–Trinajstić information content (AvgIpc) is 3.67. The lowest BCUT2D eigenvalue weighted by Gasteiger charge is -2.30. The summed E-state index contributed by atoms with van der Waals surface area (Å²) in [5, 5.41) is 7.60. The molecule has 2 heteroatoms. The van der Waals surface area contributed by atoms with Crippen molar-refractivity contribution in [3.05, 3.63) is 224 Å². The van der Waals surface area contributed by atoms with E-state index in [4.69, 9.17) is 0 Å². The zero-order valence-electron chi connectivity index (χ0n) is 31.7. The Labute approximate surface area is 342 Å². The fourth-order valence-electron chi connectivity index (χ4n) is 8.79. The van der Waals surface area contributed by atoms with Gasteiger partial charge < -0.3 is 4.90 Å². The van der Waals surface area contributed by atoms with Gasteiger partial charge >= 0.3 is 0 Å². The summed E-state index contributed by atoms with van der Waals surface area (Å²) in [6.45, 7) is 0. The van der Waals surface area contributed by atoms with Gasteiger partial charge in [0.15, 0.2) is 0 Å². The topological polar surface area (TPSA) is 3.24 Å². The third-order valence-corrected chi connectivity index (χ3v) is 12.6. The fourth-order valence-corrected chi connectivity index (χ4v) is 9.94. The number of nitrogens with zero attached hydrogens (tertiary/aromatic N) is 1. The standard InChI is InChI=1S/C56H37NS/c1-3-19-43-38(15-1)17-13-26-44(43)40-31-34-42(35-32-40)57(53-28-10-7-21-46(53)41-33-36-52-51-25-9-12-30-55(51)58-56(52)37-41)54-29-11-8-24-50(54)49-23-6-5-22-48(49)47-27-14-18-39-16-2-4-20-45(39)47/h1-37H. The average molecular weight is 756 g/mol. The monoisotopic (exact) mass is 755 g/mol. The summed E-state index contributed by atoms with van der Waals surface area (Å²) in [6.07, 6.45) is 0. The van der Waals surface area contributed by atoms with Crippen molar-refractivity contribution in [2.75, 3.05) is 4.90 Å². The normalized spacial score (nSPS) is 11.4. The molecule has 0 spiro atoms. The molecule has 0 aliphatic carbocycles. The Morgan fingerprint density at radius 3 is 1.47 bits per heavy atom. The van der Waals surface area contributed by atoms with E-state index < -0.39 is 0 Å². The molecule has 1 nitrogen and oxygen atoms in total. The molecule has 0 bridgehead atoms. The van der Waals surface area contributed by atoms with Crippen molar-refractivity contribution in [2.24, 2.45) is 0 Å². The molecular weight excluding hydrogens is 719 g/mol. The highest BCUT2D eigenvalue weighted by molar-refractivity contribution is 7.25. The lowest BCUT2D eigenvalue weighted by molar-refractivity contribution is 1.28. The Kier molecular flexibility index (Phi) is 8.42. The van der Waals surface area contributed by atoms with E-state index in [1.54, 1.807) is 0 Å². The van der Waals surface area contributed by atoms with Crippen molar-refractivity contribution in [1.29, 1.82) is 0 Å². The molecular formula is C56H37NS. The number of thiophene rings is 1. The lowest BCUT2D eigenvalue weighted by Crippen LogP contribution is -2.12. The molecule has 0 radical (unpaired) electrons. The van der Waals surface area contributed by atoms with Crippen molar-refractivity contribution in [3.8, 4) is 44.5 Å². The van der Waals surface area contributed by atoms with Crippen molar-refractivity contribution in [3.63, 3.8) is 0 Å². The predicted octanol–water partition coefficient (Wildman–Crippen LogP) is 16.5. The van der Waals surface area contributed by atoms with Gasteiger partial charge in [-0.2, -0.15) is 0 Å². The van der Waals surface area contributed by atoms with Gasteiger partial charge in [-0.25, -0.2) is 0 Å². The Morgan fingerprint density at radius 2 is 0.741 bits per heavy atom. The fraction of sp³-hybridized carbons (Fsp3) is 0. The van der Waals surface area contributed by atoms with Gasteiger partial charge in [-0.15, -0.1) is 11.3 Å². The molecule has 0 fully saturated rings. The molecule has 0 atom stereocenters. The number of hydrogen-bond donors (Lipinski definition) is 0. The van der Waals surface area contributed by atoms with Gasteiger partial charge in [0, 0.05) is 37.0 Å². The number of benzene rings is 10. The maximum Gasteiger partial charge on any atom is 0.0540 e. The van der Waals surface area contributed by atoms with Gasteiger partial charge in [0.25, 0.3) is 0 Å². The second-order valence-corrected chi connectivity index (χ2v) is 15.9. The van der Waals surface area contributed by atoms with Crippen LogP contribution in [0.3, 0.4) is 0 Å². The van der Waals surface area contributed by atoms with Crippen LogP contribution in [-0.2, 0) is 0 Å². The van der Waals surface area contributed by atoms with Crippen LogP contribution in [0.2, 0.25) is 0 Å². The first kappa shape index (κ1) is 34.0. The Morgan fingerprint density at radius 1 is 0.276 bits per heavy atom. The van der Waals surface area contributed by atoms with Crippen molar-refractivity contribution >= 4 is 70.1 Å². The van der Waals surface area contributed by atoms with Crippen LogP contribution in [0.4, 0.5) is 17.1 Å². The molecule has 1 heterocycles. The van der Waals surface area contributed by atoms with Gasteiger partial charge in [-0.05, 0) is 91.3 Å². The summed E-state index contributed by atoms with van der Waals surface area (Å²) in [4.78, 5) is 2.46. The summed E-state index contributed by atoms with van der Waals surface area (Å²) in [7, 11) is 0. The minimum atomic E-state index is 1.09. The van der Waals surface area contributed by atoms with Crippen LogP contribution in [-0.4, -0.2) is 0 Å². The molecule has 11 rings (SSSR count). The molecule has 0 amide bonds. The van der Waals surface area contributed by atoms with E-state index in [-0.39, 0.29) is 0 Å². The molecule has 10 aromatic carbocycles. The van der Waals surface area contributed by atoms with Gasteiger partial charge in [-0.1, -0.05) is 188 Å². The summed E-state index contributed by atoms with van der Waals surface area (Å²) in [5.41, 5.74) is 12.9. The van der Waals surface area contributed by atoms with E-state index in [0.29, 0.717) is 0 Å². The minimum Gasteiger partial charge on any atom is -0.309 e. The lowest BCUT2D eigenvalue weighted by atomic mass is 9.90. The summed E-state index contributed by atoms with van der Waals surface area (Å²) in [5.74, 6) is 0. The maximum atomic E-state index is 2.46. The summed E-state index contributed by atoms with van der Waals surface area (Å²) in [6, 6.07) is 82.0. The molecule has 58 heavy (non-hydrogen) atoms.